The number of hydrogen-bond donors (Lipinski definition) is 1. The van der Waals surface area contributed by atoms with Crippen LogP contribution in [-0.2, 0) is 11.3 Å². The number of piperazine rings is 1. The van der Waals surface area contributed by atoms with E-state index >= 15 is 0 Å². The van der Waals surface area contributed by atoms with Crippen LogP contribution in [0.1, 0.15) is 49.5 Å². The topological polar surface area (TPSA) is 101 Å². The van der Waals surface area contributed by atoms with Gasteiger partial charge in [-0.15, -0.1) is 5.10 Å². The molecule has 1 aliphatic carbocycles. The summed E-state index contributed by atoms with van der Waals surface area (Å²) in [5.74, 6) is 1.42. The Hall–Kier alpha value is -2.82. The van der Waals surface area contributed by atoms with Crippen LogP contribution in [0.25, 0.3) is 10.9 Å². The number of aromatic amines is 1. The number of tetrazole rings is 1. The largest absolute Gasteiger partial charge is 0.497 e. The standard InChI is InChI=1S/C25H35N7O3/c1-34-15-14-32-24(27-28-29-32)23(31-12-10-30(11-13-31)19-6-4-3-5-7-19)21-17-18-16-20(35-2)8-9-22(18)26-25(21)33/h8-9,16-17,19,23H,3-7,10-15H2,1-2H3,(H,26,33)/t23-/m0/s1. The number of fused-ring (bicyclic) bond motifs is 1. The SMILES string of the molecule is COCCn1nnnc1[C@H](c1cc2cc(OC)ccc2[nH]c1=O)N1CCN(C2CCCCC2)CC1. The molecule has 0 radical (unpaired) electrons. The lowest BCUT2D eigenvalue weighted by molar-refractivity contribution is 0.0612. The highest BCUT2D eigenvalue weighted by Crippen LogP contribution is 2.30. The van der Waals surface area contributed by atoms with Crippen LogP contribution in [-0.4, -0.2) is 88.0 Å². The lowest BCUT2D eigenvalue weighted by Gasteiger charge is -2.42. The van der Waals surface area contributed by atoms with E-state index in [-0.39, 0.29) is 11.6 Å². The van der Waals surface area contributed by atoms with E-state index in [4.69, 9.17) is 9.47 Å². The first-order chi connectivity index (χ1) is 17.2. The second-order valence-electron chi connectivity index (χ2n) is 9.53. The third-order valence-electron chi connectivity index (χ3n) is 7.49. The van der Waals surface area contributed by atoms with Crippen molar-refractivity contribution in [3.8, 4) is 5.75 Å². The van der Waals surface area contributed by atoms with Gasteiger partial charge in [0.1, 0.15) is 11.8 Å². The Labute approximate surface area is 205 Å². The lowest BCUT2D eigenvalue weighted by Crippen LogP contribution is -2.52. The van der Waals surface area contributed by atoms with E-state index in [9.17, 15) is 4.79 Å². The minimum atomic E-state index is -0.352. The third kappa shape index (κ3) is 5.10. The summed E-state index contributed by atoms with van der Waals surface area (Å²) in [6.07, 6.45) is 6.61. The first-order valence-electron chi connectivity index (χ1n) is 12.6. The van der Waals surface area contributed by atoms with Crippen molar-refractivity contribution in [2.75, 3.05) is 47.0 Å². The molecule has 2 fully saturated rings. The number of ether oxygens (including phenoxy) is 2. The minimum absolute atomic E-state index is 0.122. The molecule has 0 bridgehead atoms. The van der Waals surface area contributed by atoms with E-state index in [2.05, 4.69) is 30.3 Å². The molecular formula is C25H35N7O3. The number of hydrogen-bond acceptors (Lipinski definition) is 8. The van der Waals surface area contributed by atoms with Crippen LogP contribution in [0.2, 0.25) is 0 Å². The van der Waals surface area contributed by atoms with E-state index in [1.165, 1.54) is 32.1 Å². The zero-order valence-corrected chi connectivity index (χ0v) is 20.7. The van der Waals surface area contributed by atoms with Crippen LogP contribution < -0.4 is 10.3 Å². The molecule has 5 rings (SSSR count). The quantitative estimate of drug-likeness (QED) is 0.523. The van der Waals surface area contributed by atoms with Gasteiger partial charge in [0.25, 0.3) is 5.56 Å². The molecule has 1 saturated heterocycles. The molecule has 0 unspecified atom stereocenters. The van der Waals surface area contributed by atoms with Crippen molar-refractivity contribution in [3.63, 3.8) is 0 Å². The van der Waals surface area contributed by atoms with E-state index in [0.29, 0.717) is 30.6 Å². The smallest absolute Gasteiger partial charge is 0.253 e. The molecule has 10 nitrogen and oxygen atoms in total. The number of rotatable bonds is 8. The molecule has 2 aliphatic rings. The molecule has 1 aromatic carbocycles. The summed E-state index contributed by atoms with van der Waals surface area (Å²) in [6, 6.07) is 7.97. The third-order valence-corrected chi connectivity index (χ3v) is 7.49. The van der Waals surface area contributed by atoms with Gasteiger partial charge in [-0.3, -0.25) is 14.6 Å². The Morgan fingerprint density at radius 1 is 1.09 bits per heavy atom. The zero-order chi connectivity index (χ0) is 24.2. The van der Waals surface area contributed by atoms with Crippen LogP contribution in [0, 0.1) is 0 Å². The van der Waals surface area contributed by atoms with E-state index in [1.54, 1.807) is 18.9 Å². The maximum atomic E-state index is 13.4. The average Bonchev–Trinajstić information content (AvgIpc) is 3.36. The maximum absolute atomic E-state index is 13.4. The summed E-state index contributed by atoms with van der Waals surface area (Å²) < 4.78 is 12.4. The Balaban J connectivity index is 1.49. The Morgan fingerprint density at radius 2 is 1.89 bits per heavy atom. The van der Waals surface area contributed by atoms with Crippen LogP contribution >= 0.6 is 0 Å². The van der Waals surface area contributed by atoms with Crippen LogP contribution in [0.3, 0.4) is 0 Å². The van der Waals surface area contributed by atoms with Crippen molar-refractivity contribution < 1.29 is 9.47 Å². The van der Waals surface area contributed by atoms with Crippen molar-refractivity contribution in [2.45, 2.75) is 50.7 Å². The summed E-state index contributed by atoms with van der Waals surface area (Å²) in [7, 11) is 3.31. The molecule has 1 atom stereocenters. The number of aromatic nitrogens is 5. The molecule has 1 aliphatic heterocycles. The molecule has 3 heterocycles. The van der Waals surface area contributed by atoms with Gasteiger partial charge < -0.3 is 14.5 Å². The Morgan fingerprint density at radius 3 is 2.63 bits per heavy atom. The molecule has 188 valence electrons. The molecular weight excluding hydrogens is 446 g/mol. The van der Waals surface area contributed by atoms with Crippen molar-refractivity contribution >= 4 is 10.9 Å². The molecule has 3 aromatic rings. The van der Waals surface area contributed by atoms with Gasteiger partial charge >= 0.3 is 0 Å². The summed E-state index contributed by atoms with van der Waals surface area (Å²) >= 11 is 0. The first kappa shape index (κ1) is 23.9. The number of nitrogens with zero attached hydrogens (tertiary/aromatic N) is 6. The monoisotopic (exact) mass is 481 g/mol. The summed E-state index contributed by atoms with van der Waals surface area (Å²) in [6.45, 7) is 4.70. The average molecular weight is 482 g/mol. The van der Waals surface area contributed by atoms with Gasteiger partial charge in [-0.1, -0.05) is 19.3 Å². The van der Waals surface area contributed by atoms with E-state index < -0.39 is 0 Å². The molecule has 0 amide bonds. The van der Waals surface area contributed by atoms with E-state index in [1.807, 2.05) is 24.3 Å². The fourth-order valence-electron chi connectivity index (χ4n) is 5.58. The number of methoxy groups -OCH3 is 2. The molecule has 10 heteroatoms. The van der Waals surface area contributed by atoms with E-state index in [0.717, 1.165) is 42.8 Å². The normalized spacial score (nSPS) is 19.3. The second kappa shape index (κ2) is 10.8. The van der Waals surface area contributed by atoms with Gasteiger partial charge in [0.2, 0.25) is 0 Å². The van der Waals surface area contributed by atoms with Gasteiger partial charge in [0, 0.05) is 55.8 Å². The molecule has 0 spiro atoms. The van der Waals surface area contributed by atoms with Crippen LogP contribution in [0.4, 0.5) is 0 Å². The second-order valence-corrected chi connectivity index (χ2v) is 9.53. The Kier molecular flexibility index (Phi) is 7.40. The van der Waals surface area contributed by atoms with Crippen molar-refractivity contribution in [1.82, 2.24) is 35.0 Å². The van der Waals surface area contributed by atoms with Gasteiger partial charge in [0.05, 0.1) is 20.3 Å². The highest BCUT2D eigenvalue weighted by Gasteiger charge is 2.34. The fraction of sp³-hybridized carbons (Fsp3) is 0.600. The van der Waals surface area contributed by atoms with Gasteiger partial charge in [-0.25, -0.2) is 4.68 Å². The number of nitrogens with one attached hydrogen (secondary N) is 1. The lowest BCUT2D eigenvalue weighted by atomic mass is 9.93. The highest BCUT2D eigenvalue weighted by molar-refractivity contribution is 5.80. The predicted octanol–water partition coefficient (Wildman–Crippen LogP) is 2.21. The molecule has 1 N–H and O–H groups in total. The fourth-order valence-corrected chi connectivity index (χ4v) is 5.58. The maximum Gasteiger partial charge on any atom is 0.253 e. The number of H-pyrrole nitrogens is 1. The van der Waals surface area contributed by atoms with Crippen molar-refractivity contribution in [1.29, 1.82) is 0 Å². The van der Waals surface area contributed by atoms with Gasteiger partial charge in [-0.05, 0) is 47.5 Å². The number of benzene rings is 1. The Bertz CT molecular complexity index is 1180. The minimum Gasteiger partial charge on any atom is -0.497 e. The zero-order valence-electron chi connectivity index (χ0n) is 20.7. The predicted molar refractivity (Wildman–Crippen MR) is 133 cm³/mol. The van der Waals surface area contributed by atoms with Crippen LogP contribution in [0.5, 0.6) is 5.75 Å². The van der Waals surface area contributed by atoms with Crippen molar-refractivity contribution in [3.05, 3.63) is 46.0 Å². The summed E-state index contributed by atoms with van der Waals surface area (Å²) in [5, 5.41) is 13.5. The van der Waals surface area contributed by atoms with Crippen molar-refractivity contribution in [2.24, 2.45) is 0 Å². The summed E-state index contributed by atoms with van der Waals surface area (Å²) in [5.41, 5.74) is 1.30. The summed E-state index contributed by atoms with van der Waals surface area (Å²) in [4.78, 5) is 21.4. The van der Waals surface area contributed by atoms with Crippen LogP contribution in [0.15, 0.2) is 29.1 Å². The highest BCUT2D eigenvalue weighted by atomic mass is 16.5. The first-order valence-corrected chi connectivity index (χ1v) is 12.6. The van der Waals surface area contributed by atoms with Gasteiger partial charge in [0.15, 0.2) is 5.82 Å². The van der Waals surface area contributed by atoms with Gasteiger partial charge in [-0.2, -0.15) is 0 Å². The molecule has 2 aromatic heterocycles. The molecule has 35 heavy (non-hydrogen) atoms. The number of pyridine rings is 1. The molecule has 1 saturated carbocycles.